The van der Waals surface area contributed by atoms with Crippen molar-refractivity contribution in [2.24, 2.45) is 5.92 Å². The van der Waals surface area contributed by atoms with Gasteiger partial charge in [0.05, 0.1) is 30.9 Å². The Hall–Kier alpha value is -3.52. The number of aromatic carboxylic acids is 1. The molecule has 4 rings (SSSR count). The smallest absolute Gasteiger partial charge is 0.335 e. The molecular weight excluding hydrogens is 480 g/mol. The second-order valence-electron chi connectivity index (χ2n) is 10.2. The molecule has 1 aliphatic rings. The number of aliphatic hydroxyl groups is 1. The highest BCUT2D eigenvalue weighted by atomic mass is 16.5. The summed E-state index contributed by atoms with van der Waals surface area (Å²) in [6.07, 6.45) is -0.210. The number of carbonyl (C=O) groups is 2. The number of hydrogen-bond donors (Lipinski definition) is 2. The van der Waals surface area contributed by atoms with Crippen molar-refractivity contribution < 1.29 is 24.5 Å². The Morgan fingerprint density at radius 2 is 1.74 bits per heavy atom. The summed E-state index contributed by atoms with van der Waals surface area (Å²) in [4.78, 5) is 29.2. The van der Waals surface area contributed by atoms with Gasteiger partial charge in [0.25, 0.3) is 5.91 Å². The van der Waals surface area contributed by atoms with Gasteiger partial charge in [0, 0.05) is 31.1 Å². The quantitative estimate of drug-likeness (QED) is 0.479. The number of nitrogens with zero attached hydrogens (tertiary/aromatic N) is 2. The molecule has 7 nitrogen and oxygen atoms in total. The van der Waals surface area contributed by atoms with Crippen LogP contribution in [0, 0.1) is 5.92 Å². The Labute approximate surface area is 224 Å². The fourth-order valence-electron chi connectivity index (χ4n) is 5.04. The number of carboxylic acid groups (broad SMARTS) is 1. The van der Waals surface area contributed by atoms with Gasteiger partial charge in [-0.2, -0.15) is 0 Å². The molecule has 0 aliphatic carbocycles. The third-order valence-electron chi connectivity index (χ3n) is 7.21. The number of likely N-dealkylation sites (N-methyl/N-ethyl adjacent to an activating group) is 1. The fraction of sp³-hybridized carbons (Fsp3) is 0.355. The first-order valence-corrected chi connectivity index (χ1v) is 13.0. The molecule has 0 aromatic heterocycles. The number of aliphatic hydroxyl groups excluding tert-OH is 1. The molecule has 0 saturated carbocycles. The van der Waals surface area contributed by atoms with Gasteiger partial charge in [0.1, 0.15) is 0 Å². The molecule has 1 amide bonds. The van der Waals surface area contributed by atoms with Gasteiger partial charge in [0.15, 0.2) is 0 Å². The highest BCUT2D eigenvalue weighted by Crippen LogP contribution is 2.31. The maximum atomic E-state index is 13.9. The van der Waals surface area contributed by atoms with Gasteiger partial charge >= 0.3 is 5.97 Å². The minimum Gasteiger partial charge on any atom is -0.478 e. The summed E-state index contributed by atoms with van der Waals surface area (Å²) in [6.45, 7) is 5.77. The van der Waals surface area contributed by atoms with Crippen molar-refractivity contribution in [2.45, 2.75) is 39.1 Å². The predicted octanol–water partition coefficient (Wildman–Crippen LogP) is 4.54. The number of rotatable bonds is 7. The molecule has 3 aromatic carbocycles. The van der Waals surface area contributed by atoms with Gasteiger partial charge < -0.3 is 19.8 Å². The number of hydrogen-bond acceptors (Lipinski definition) is 5. The van der Waals surface area contributed by atoms with Crippen molar-refractivity contribution in [3.05, 3.63) is 95.1 Å². The highest BCUT2D eigenvalue weighted by Gasteiger charge is 2.30. The molecule has 1 aliphatic heterocycles. The van der Waals surface area contributed by atoms with E-state index in [9.17, 15) is 19.8 Å². The Morgan fingerprint density at radius 3 is 2.45 bits per heavy atom. The molecule has 0 fully saturated rings. The molecule has 1 heterocycles. The second kappa shape index (κ2) is 12.3. The minimum atomic E-state index is -0.947. The highest BCUT2D eigenvalue weighted by molar-refractivity contribution is 6.01. The van der Waals surface area contributed by atoms with E-state index in [1.54, 1.807) is 23.1 Å². The number of benzene rings is 3. The van der Waals surface area contributed by atoms with Crippen molar-refractivity contribution in [1.29, 1.82) is 0 Å². The van der Waals surface area contributed by atoms with E-state index >= 15 is 0 Å². The molecule has 3 atom stereocenters. The van der Waals surface area contributed by atoms with E-state index in [2.05, 4.69) is 11.8 Å². The lowest BCUT2D eigenvalue weighted by atomic mass is 9.94. The van der Waals surface area contributed by atoms with Crippen LogP contribution in [0.4, 0.5) is 0 Å². The maximum absolute atomic E-state index is 13.9. The van der Waals surface area contributed by atoms with Gasteiger partial charge in [-0.05, 0) is 54.4 Å². The summed E-state index contributed by atoms with van der Waals surface area (Å²) in [5, 5.41) is 19.3. The lowest BCUT2D eigenvalue weighted by Crippen LogP contribution is -2.47. The first-order valence-electron chi connectivity index (χ1n) is 13.0. The van der Waals surface area contributed by atoms with Crippen molar-refractivity contribution >= 4 is 11.9 Å². The summed E-state index contributed by atoms with van der Waals surface area (Å²) in [5.41, 5.74) is 4.60. The van der Waals surface area contributed by atoms with Crippen molar-refractivity contribution in [1.82, 2.24) is 9.80 Å². The van der Waals surface area contributed by atoms with Gasteiger partial charge in [-0.1, -0.05) is 61.5 Å². The average Bonchev–Trinajstić information content (AvgIpc) is 2.94. The molecule has 0 radical (unpaired) electrons. The zero-order valence-electron chi connectivity index (χ0n) is 22.2. The van der Waals surface area contributed by atoms with Gasteiger partial charge in [-0.25, -0.2) is 4.79 Å². The van der Waals surface area contributed by atoms with Crippen LogP contribution in [0.25, 0.3) is 11.1 Å². The van der Waals surface area contributed by atoms with Crippen molar-refractivity contribution in [3.8, 4) is 11.1 Å². The minimum absolute atomic E-state index is 0.0295. The molecular formula is C31H36N2O5. The normalized spacial score (nSPS) is 18.9. The Bertz CT molecular complexity index is 1280. The molecule has 38 heavy (non-hydrogen) atoms. The SMILES string of the molecule is C[C@@H]1CN([C@@H](C)CO)C(=O)c2ccccc2-c2ccccc2CO[C@H]1CN(C)Cc1cccc(C(=O)O)c1. The average molecular weight is 517 g/mol. The second-order valence-corrected chi connectivity index (χ2v) is 10.2. The number of ether oxygens (including phenoxy) is 1. The maximum Gasteiger partial charge on any atom is 0.335 e. The van der Waals surface area contributed by atoms with E-state index in [1.165, 1.54) is 0 Å². The summed E-state index contributed by atoms with van der Waals surface area (Å²) in [6, 6.07) is 22.2. The zero-order valence-corrected chi connectivity index (χ0v) is 22.2. The van der Waals surface area contributed by atoms with Crippen LogP contribution in [0.2, 0.25) is 0 Å². The molecule has 200 valence electrons. The van der Waals surface area contributed by atoms with Gasteiger partial charge in [-0.15, -0.1) is 0 Å². The Kier molecular flexibility index (Phi) is 8.94. The van der Waals surface area contributed by atoms with Crippen LogP contribution >= 0.6 is 0 Å². The van der Waals surface area contributed by atoms with Crippen LogP contribution in [0.5, 0.6) is 0 Å². The first-order chi connectivity index (χ1) is 18.3. The van der Waals surface area contributed by atoms with E-state index in [0.29, 0.717) is 31.8 Å². The lowest BCUT2D eigenvalue weighted by molar-refractivity contribution is -0.0241. The largest absolute Gasteiger partial charge is 0.478 e. The van der Waals surface area contributed by atoms with E-state index in [1.807, 2.05) is 68.6 Å². The molecule has 0 bridgehead atoms. The number of amides is 1. The number of carbonyl (C=O) groups excluding carboxylic acids is 1. The zero-order chi connectivity index (χ0) is 27.2. The van der Waals surface area contributed by atoms with Crippen LogP contribution in [0.15, 0.2) is 72.8 Å². The van der Waals surface area contributed by atoms with Gasteiger partial charge in [-0.3, -0.25) is 9.69 Å². The Morgan fingerprint density at radius 1 is 1.05 bits per heavy atom. The van der Waals surface area contributed by atoms with Crippen LogP contribution in [0.3, 0.4) is 0 Å². The molecule has 0 spiro atoms. The van der Waals surface area contributed by atoms with Crippen molar-refractivity contribution in [2.75, 3.05) is 26.7 Å². The van der Waals surface area contributed by atoms with Crippen LogP contribution in [-0.2, 0) is 17.9 Å². The fourth-order valence-corrected chi connectivity index (χ4v) is 5.04. The van der Waals surface area contributed by atoms with E-state index < -0.39 is 5.97 Å². The summed E-state index contributed by atoms with van der Waals surface area (Å²) in [7, 11) is 1.98. The molecule has 7 heteroatoms. The first kappa shape index (κ1) is 27.5. The van der Waals surface area contributed by atoms with Crippen LogP contribution in [-0.4, -0.2) is 70.8 Å². The molecule has 3 aromatic rings. The number of carboxylic acids is 1. The number of fused-ring (bicyclic) bond motifs is 3. The van der Waals surface area contributed by atoms with Crippen LogP contribution in [0.1, 0.15) is 45.7 Å². The summed E-state index contributed by atoms with van der Waals surface area (Å²) >= 11 is 0. The van der Waals surface area contributed by atoms with Gasteiger partial charge in [0.2, 0.25) is 0 Å². The van der Waals surface area contributed by atoms with E-state index in [0.717, 1.165) is 22.3 Å². The lowest BCUT2D eigenvalue weighted by Gasteiger charge is -2.35. The van der Waals surface area contributed by atoms with Crippen LogP contribution < -0.4 is 0 Å². The molecule has 0 saturated heterocycles. The monoisotopic (exact) mass is 516 g/mol. The molecule has 0 unspecified atom stereocenters. The topological polar surface area (TPSA) is 90.3 Å². The molecule has 2 N–H and O–H groups in total. The third-order valence-corrected chi connectivity index (χ3v) is 7.21. The van der Waals surface area contributed by atoms with E-state index in [-0.39, 0.29) is 36.1 Å². The standard InChI is InChI=1S/C31H36N2O5/c1-21-16-33(22(2)19-34)30(35)28-14-7-6-13-27(28)26-12-5-4-10-25(26)20-38-29(21)18-32(3)17-23-9-8-11-24(15-23)31(36)37/h4-15,21-22,29,34H,16-20H2,1-3H3,(H,36,37)/t21-,22+,29+/m1/s1. The van der Waals surface area contributed by atoms with E-state index in [4.69, 9.17) is 4.74 Å². The predicted molar refractivity (Wildman–Crippen MR) is 147 cm³/mol. The van der Waals surface area contributed by atoms with Crippen molar-refractivity contribution in [3.63, 3.8) is 0 Å². The third kappa shape index (κ3) is 6.30. The Balaban J connectivity index is 1.65. The summed E-state index contributed by atoms with van der Waals surface area (Å²) < 4.78 is 6.56. The summed E-state index contributed by atoms with van der Waals surface area (Å²) in [5.74, 6) is -1.08.